The lowest BCUT2D eigenvalue weighted by Gasteiger charge is -2.55. The van der Waals surface area contributed by atoms with Gasteiger partial charge >= 0.3 is 0 Å². The molecule has 2 saturated heterocycles. The second-order valence-corrected chi connectivity index (χ2v) is 13.0. The zero-order valence-corrected chi connectivity index (χ0v) is 22.2. The molecule has 37 heavy (non-hydrogen) atoms. The number of nitrogens with zero attached hydrogens (tertiary/aromatic N) is 3. The van der Waals surface area contributed by atoms with Gasteiger partial charge in [0.25, 0.3) is 0 Å². The van der Waals surface area contributed by atoms with E-state index in [9.17, 15) is 0 Å². The molecule has 0 radical (unpaired) electrons. The van der Waals surface area contributed by atoms with Crippen LogP contribution in [0.15, 0.2) is 60.0 Å². The minimum absolute atomic E-state index is 0.0610. The van der Waals surface area contributed by atoms with Crippen LogP contribution < -0.4 is 5.73 Å². The normalized spacial score (nSPS) is 41.6. The standard InChI is InChI=1S/C32H40N4O/c1-35-14-16-36(17-15-35)27-5-4-25-19-26-8-10-31(33)28(23-3-2-22-9-13-34-21-24(22)18-23)6-7-29(31)32(26)12-11-30(25,20-27)37-32/h2-3,8-9,13,18-19,21,27-29H,4-7,10-12,14-17,20,33H2,1H3/t27?,28?,29-,30-,31?,32-/m1/s1. The van der Waals surface area contributed by atoms with Gasteiger partial charge in [0.05, 0.1) is 11.2 Å². The maximum atomic E-state index is 7.52. The predicted molar refractivity (Wildman–Crippen MR) is 147 cm³/mol. The van der Waals surface area contributed by atoms with E-state index in [-0.39, 0.29) is 16.7 Å². The first-order valence-electron chi connectivity index (χ1n) is 14.7. The third-order valence-electron chi connectivity index (χ3n) is 11.4. The van der Waals surface area contributed by atoms with Crippen molar-refractivity contribution < 1.29 is 4.74 Å². The molecule has 6 atom stereocenters. The molecule has 2 bridgehead atoms. The van der Waals surface area contributed by atoms with Crippen molar-refractivity contribution in [3.63, 3.8) is 0 Å². The number of likely N-dealkylation sites (N-methyl/N-ethyl adjacent to an activating group) is 1. The van der Waals surface area contributed by atoms with Crippen molar-refractivity contribution in [3.05, 3.63) is 65.5 Å². The average molecular weight is 497 g/mol. The third-order valence-corrected chi connectivity index (χ3v) is 11.4. The molecule has 3 aliphatic carbocycles. The molecule has 4 fully saturated rings. The zero-order chi connectivity index (χ0) is 24.8. The smallest absolute Gasteiger partial charge is 0.0987 e. The fourth-order valence-corrected chi connectivity index (χ4v) is 9.41. The maximum absolute atomic E-state index is 7.52. The molecule has 2 saturated carbocycles. The highest BCUT2D eigenvalue weighted by molar-refractivity contribution is 5.82. The highest BCUT2D eigenvalue weighted by Crippen LogP contribution is 2.65. The molecule has 0 amide bonds. The highest BCUT2D eigenvalue weighted by atomic mass is 16.5. The average Bonchev–Trinajstić information content (AvgIpc) is 3.43. The van der Waals surface area contributed by atoms with Crippen LogP contribution >= 0.6 is 0 Å². The molecule has 5 nitrogen and oxygen atoms in total. The van der Waals surface area contributed by atoms with E-state index in [4.69, 9.17) is 10.5 Å². The Hall–Kier alpha value is -2.05. The molecule has 1 aromatic heterocycles. The Labute approximate surface area is 220 Å². The lowest BCUT2D eigenvalue weighted by Crippen LogP contribution is -2.61. The third kappa shape index (κ3) is 3.21. The van der Waals surface area contributed by atoms with Crippen LogP contribution in [0.25, 0.3) is 10.8 Å². The van der Waals surface area contributed by atoms with Crippen LogP contribution in [-0.2, 0) is 4.74 Å². The molecular weight excluding hydrogens is 456 g/mol. The molecular formula is C32H40N4O. The molecule has 2 spiro atoms. The van der Waals surface area contributed by atoms with Gasteiger partial charge in [-0.3, -0.25) is 9.88 Å². The Morgan fingerprint density at radius 1 is 1.03 bits per heavy atom. The number of hydrogen-bond donors (Lipinski definition) is 1. The van der Waals surface area contributed by atoms with Gasteiger partial charge in [-0.15, -0.1) is 0 Å². The summed E-state index contributed by atoms with van der Waals surface area (Å²) in [6.45, 7) is 4.77. The van der Waals surface area contributed by atoms with Crippen LogP contribution in [0.1, 0.15) is 62.8 Å². The van der Waals surface area contributed by atoms with Crippen molar-refractivity contribution >= 4 is 10.8 Å². The van der Waals surface area contributed by atoms with Gasteiger partial charge in [-0.25, -0.2) is 0 Å². The van der Waals surface area contributed by atoms with Crippen molar-refractivity contribution in [2.75, 3.05) is 33.2 Å². The van der Waals surface area contributed by atoms with Gasteiger partial charge in [0.15, 0.2) is 0 Å². The fraction of sp³-hybridized carbons (Fsp3) is 0.594. The number of hydrogen-bond acceptors (Lipinski definition) is 5. The molecule has 2 N–H and O–H groups in total. The quantitative estimate of drug-likeness (QED) is 0.648. The van der Waals surface area contributed by atoms with E-state index in [0.29, 0.717) is 17.9 Å². The largest absolute Gasteiger partial charge is 0.359 e. The zero-order valence-electron chi connectivity index (χ0n) is 22.2. The fourth-order valence-electron chi connectivity index (χ4n) is 9.41. The van der Waals surface area contributed by atoms with Crippen LogP contribution in [0, 0.1) is 5.92 Å². The number of rotatable bonds is 2. The van der Waals surface area contributed by atoms with E-state index in [1.807, 2.05) is 12.4 Å². The number of piperazine rings is 1. The second-order valence-electron chi connectivity index (χ2n) is 13.0. The van der Waals surface area contributed by atoms with Crippen LogP contribution in [0.3, 0.4) is 0 Å². The summed E-state index contributed by atoms with van der Waals surface area (Å²) < 4.78 is 7.49. The van der Waals surface area contributed by atoms with E-state index in [2.05, 4.69) is 58.2 Å². The Morgan fingerprint density at radius 3 is 2.81 bits per heavy atom. The van der Waals surface area contributed by atoms with Gasteiger partial charge in [-0.2, -0.15) is 0 Å². The molecule has 2 aromatic rings. The number of fused-ring (bicyclic) bond motifs is 2. The Bertz CT molecular complexity index is 1310. The molecule has 3 unspecified atom stereocenters. The summed E-state index contributed by atoms with van der Waals surface area (Å²) >= 11 is 0. The lowest BCUT2D eigenvalue weighted by molar-refractivity contribution is -0.132. The lowest BCUT2D eigenvalue weighted by atomic mass is 9.62. The SMILES string of the molecule is CN1CCN(C2CCC3=CC4=CCC5(N)C(c6ccc7ccncc7c6)CC[C@H]5[C@@]45CC[C@]3(C2)O5)CC1. The predicted octanol–water partition coefficient (Wildman–Crippen LogP) is 4.78. The first kappa shape index (κ1) is 22.9. The number of aromatic nitrogens is 1. The van der Waals surface area contributed by atoms with Gasteiger partial charge in [0, 0.05) is 67.4 Å². The summed E-state index contributed by atoms with van der Waals surface area (Å²) in [6, 6.07) is 9.67. The monoisotopic (exact) mass is 496 g/mol. The summed E-state index contributed by atoms with van der Waals surface area (Å²) in [5.74, 6) is 0.750. The van der Waals surface area contributed by atoms with Crippen molar-refractivity contribution in [2.45, 2.75) is 80.1 Å². The molecule has 5 heteroatoms. The highest BCUT2D eigenvalue weighted by Gasteiger charge is 2.67. The van der Waals surface area contributed by atoms with E-state index >= 15 is 0 Å². The van der Waals surface area contributed by atoms with Crippen molar-refractivity contribution in [1.29, 1.82) is 0 Å². The van der Waals surface area contributed by atoms with Gasteiger partial charge < -0.3 is 15.4 Å². The summed E-state index contributed by atoms with van der Waals surface area (Å²) in [6.07, 6.45) is 18.1. The van der Waals surface area contributed by atoms with E-state index < -0.39 is 0 Å². The molecule has 4 heterocycles. The van der Waals surface area contributed by atoms with Crippen LogP contribution in [0.4, 0.5) is 0 Å². The van der Waals surface area contributed by atoms with Gasteiger partial charge in [-0.1, -0.05) is 24.3 Å². The Balaban J connectivity index is 1.12. The van der Waals surface area contributed by atoms with Crippen molar-refractivity contribution in [2.24, 2.45) is 11.7 Å². The Kier molecular flexibility index (Phi) is 4.94. The number of benzene rings is 1. The summed E-state index contributed by atoms with van der Waals surface area (Å²) in [7, 11) is 2.25. The summed E-state index contributed by atoms with van der Waals surface area (Å²) in [4.78, 5) is 9.60. The van der Waals surface area contributed by atoms with Crippen molar-refractivity contribution in [1.82, 2.24) is 14.8 Å². The molecule has 1 aromatic carbocycles. The van der Waals surface area contributed by atoms with Crippen LogP contribution in [-0.4, -0.2) is 70.8 Å². The van der Waals surface area contributed by atoms with Gasteiger partial charge in [-0.05, 0) is 92.6 Å². The van der Waals surface area contributed by atoms with Crippen LogP contribution in [0.5, 0.6) is 0 Å². The number of pyridine rings is 1. The van der Waals surface area contributed by atoms with E-state index in [1.54, 1.807) is 5.57 Å². The second kappa shape index (κ2) is 7.98. The molecule has 194 valence electrons. The number of nitrogens with two attached hydrogens (primary N) is 1. The van der Waals surface area contributed by atoms with Crippen molar-refractivity contribution in [3.8, 4) is 0 Å². The topological polar surface area (TPSA) is 54.6 Å². The van der Waals surface area contributed by atoms with E-state index in [0.717, 1.165) is 25.7 Å². The maximum Gasteiger partial charge on any atom is 0.0987 e. The van der Waals surface area contributed by atoms with E-state index in [1.165, 1.54) is 73.8 Å². The first-order valence-corrected chi connectivity index (χ1v) is 14.7. The van der Waals surface area contributed by atoms with Gasteiger partial charge in [0.1, 0.15) is 0 Å². The number of ether oxygens (including phenoxy) is 1. The van der Waals surface area contributed by atoms with Gasteiger partial charge in [0.2, 0.25) is 0 Å². The summed E-state index contributed by atoms with van der Waals surface area (Å²) in [5.41, 5.74) is 11.4. The first-order chi connectivity index (χ1) is 18.0. The minimum atomic E-state index is -0.248. The molecule has 3 aliphatic heterocycles. The summed E-state index contributed by atoms with van der Waals surface area (Å²) in [5, 5.41) is 2.47. The molecule has 8 rings (SSSR count). The minimum Gasteiger partial charge on any atom is -0.359 e. The van der Waals surface area contributed by atoms with Crippen LogP contribution in [0.2, 0.25) is 0 Å². The molecule has 6 aliphatic rings. The Morgan fingerprint density at radius 2 is 1.92 bits per heavy atom.